The van der Waals surface area contributed by atoms with Crippen LogP contribution in [0.1, 0.15) is 111 Å². The van der Waals surface area contributed by atoms with E-state index in [1.165, 1.54) is 44.9 Å². The summed E-state index contributed by atoms with van der Waals surface area (Å²) in [6, 6.07) is 0.741. The summed E-state index contributed by atoms with van der Waals surface area (Å²) in [6.07, 6.45) is 14.6. The number of rotatable bonds is 5. The number of carbonyl (C=O) groups excluding carboxylic acids is 2. The van der Waals surface area contributed by atoms with E-state index >= 15 is 0 Å². The molecule has 0 aromatic heterocycles. The third kappa shape index (κ3) is 6.04. The van der Waals surface area contributed by atoms with Gasteiger partial charge in [0.05, 0.1) is 12.7 Å². The number of piperidine rings is 1. The molecule has 2 unspecified atom stereocenters. The number of ether oxygens (including phenoxy) is 2. The molecule has 1 N–H and O–H groups in total. The zero-order valence-electron chi connectivity index (χ0n) is 31.5. The van der Waals surface area contributed by atoms with Crippen molar-refractivity contribution in [3.63, 3.8) is 0 Å². The van der Waals surface area contributed by atoms with Gasteiger partial charge >= 0.3 is 0 Å². The van der Waals surface area contributed by atoms with Crippen LogP contribution in [0.2, 0.25) is 0 Å². The maximum absolute atomic E-state index is 13.2. The van der Waals surface area contributed by atoms with Gasteiger partial charge in [-0.15, -0.1) is 0 Å². The van der Waals surface area contributed by atoms with Gasteiger partial charge in [-0.05, 0) is 117 Å². The molecule has 50 heavy (non-hydrogen) atoms. The molecule has 1 spiro atoms. The highest BCUT2D eigenvalue weighted by molar-refractivity contribution is 5.97. The van der Waals surface area contributed by atoms with Crippen molar-refractivity contribution in [1.29, 1.82) is 0 Å². The Morgan fingerprint density at radius 3 is 2.34 bits per heavy atom. The highest BCUT2D eigenvalue weighted by atomic mass is 16.7. The van der Waals surface area contributed by atoms with Crippen LogP contribution in [-0.2, 0) is 19.1 Å². The van der Waals surface area contributed by atoms with Crippen molar-refractivity contribution in [1.82, 2.24) is 20.0 Å². The van der Waals surface area contributed by atoms with Crippen LogP contribution in [0.5, 0.6) is 0 Å². The summed E-state index contributed by atoms with van der Waals surface area (Å²) >= 11 is 0. The molecule has 2 amide bonds. The first-order valence-corrected chi connectivity index (χ1v) is 20.7. The summed E-state index contributed by atoms with van der Waals surface area (Å²) in [7, 11) is 0. The minimum atomic E-state index is -0.336. The molecular formula is C41H65N5O4. The third-order valence-electron chi connectivity index (χ3n) is 16.6. The van der Waals surface area contributed by atoms with E-state index in [0.29, 0.717) is 66.4 Å². The second-order valence-electron chi connectivity index (χ2n) is 19.0. The monoisotopic (exact) mass is 692 g/mol. The van der Waals surface area contributed by atoms with Crippen LogP contribution < -0.4 is 5.32 Å². The van der Waals surface area contributed by atoms with Crippen molar-refractivity contribution in [2.75, 3.05) is 52.5 Å². The van der Waals surface area contributed by atoms with Crippen molar-refractivity contribution in [2.45, 2.75) is 135 Å². The minimum absolute atomic E-state index is 0.0180. The zero-order valence-corrected chi connectivity index (χ0v) is 31.5. The Labute approximate surface area is 301 Å². The van der Waals surface area contributed by atoms with Gasteiger partial charge in [-0.2, -0.15) is 0 Å². The van der Waals surface area contributed by atoms with Gasteiger partial charge in [0.2, 0.25) is 11.8 Å². The Morgan fingerprint density at radius 2 is 1.62 bits per heavy atom. The van der Waals surface area contributed by atoms with E-state index in [4.69, 9.17) is 16.0 Å². The van der Waals surface area contributed by atoms with Gasteiger partial charge in [0.1, 0.15) is 6.42 Å². The standard InChI is InChI=1S/C41H65N5O4/c1-27-8-15-41(49-25-27)28(2)38-35(50-41)23-34-32-7-6-29-22-30(9-13-39(29,3)33(32)10-14-40(34,38)4)43-36(47)24-37(48)46-20-18-45(19-21-46)31-11-16-44(17-12-31)26-42-5/h27-35,38H,6-26H2,1-4H3,(H,43,47)/t27-,28-,29+,30?,32+,33?,34-,35-,38-,39-,40-,41+/m0/s1. The summed E-state index contributed by atoms with van der Waals surface area (Å²) in [5.74, 6) is 4.27. The van der Waals surface area contributed by atoms with Crippen LogP contribution >= 0.6 is 0 Å². The molecule has 12 atom stereocenters. The molecule has 9 heteroatoms. The molecule has 0 radical (unpaired) electrons. The maximum Gasteiger partial charge on any atom is 0.270 e. The van der Waals surface area contributed by atoms with Crippen molar-refractivity contribution in [2.24, 2.45) is 52.3 Å². The molecule has 4 aliphatic heterocycles. The Kier molecular flexibility index (Phi) is 9.60. The van der Waals surface area contributed by atoms with E-state index < -0.39 is 0 Å². The van der Waals surface area contributed by atoms with Crippen LogP contribution in [0.25, 0.3) is 4.85 Å². The molecule has 4 aliphatic carbocycles. The highest BCUT2D eigenvalue weighted by Crippen LogP contribution is 2.71. The number of nitrogens with one attached hydrogen (secondary N) is 1. The van der Waals surface area contributed by atoms with Crippen molar-refractivity contribution in [3.8, 4) is 0 Å². The van der Waals surface area contributed by atoms with Crippen LogP contribution in [0, 0.1) is 58.8 Å². The first-order chi connectivity index (χ1) is 24.0. The molecule has 0 bridgehead atoms. The number of carbonyl (C=O) groups is 2. The van der Waals surface area contributed by atoms with E-state index in [0.717, 1.165) is 82.6 Å². The minimum Gasteiger partial charge on any atom is -0.353 e. The van der Waals surface area contributed by atoms with Gasteiger partial charge in [-0.1, -0.05) is 27.7 Å². The average molecular weight is 692 g/mol. The van der Waals surface area contributed by atoms with Gasteiger partial charge in [0.25, 0.3) is 6.67 Å². The number of piperazine rings is 1. The maximum atomic E-state index is 13.2. The second kappa shape index (κ2) is 13.6. The normalized spacial score (nSPS) is 46.8. The van der Waals surface area contributed by atoms with Gasteiger partial charge in [0.15, 0.2) is 5.79 Å². The molecule has 0 aromatic rings. The van der Waals surface area contributed by atoms with E-state index in [1.54, 1.807) is 0 Å². The number of likely N-dealkylation sites (tertiary alicyclic amines) is 1. The van der Waals surface area contributed by atoms with Gasteiger partial charge in [0, 0.05) is 63.7 Å². The Balaban J connectivity index is 0.813. The van der Waals surface area contributed by atoms with Gasteiger partial charge in [-0.25, -0.2) is 11.5 Å². The molecule has 4 saturated carbocycles. The van der Waals surface area contributed by atoms with E-state index in [-0.39, 0.29) is 30.1 Å². The van der Waals surface area contributed by atoms with Crippen LogP contribution in [0.4, 0.5) is 0 Å². The van der Waals surface area contributed by atoms with Crippen molar-refractivity contribution >= 4 is 11.8 Å². The van der Waals surface area contributed by atoms with E-state index in [2.05, 4.69) is 47.7 Å². The molecule has 8 fully saturated rings. The largest absolute Gasteiger partial charge is 0.353 e. The van der Waals surface area contributed by atoms with Crippen molar-refractivity contribution < 1.29 is 19.1 Å². The fraction of sp³-hybridized carbons (Fsp3) is 0.927. The predicted molar refractivity (Wildman–Crippen MR) is 192 cm³/mol. The fourth-order valence-corrected chi connectivity index (χ4v) is 13.8. The molecule has 4 heterocycles. The second-order valence-corrected chi connectivity index (χ2v) is 19.0. The zero-order chi connectivity index (χ0) is 34.8. The lowest BCUT2D eigenvalue weighted by atomic mass is 9.44. The summed E-state index contributed by atoms with van der Waals surface area (Å²) in [6.45, 7) is 23.6. The first kappa shape index (κ1) is 35.3. The summed E-state index contributed by atoms with van der Waals surface area (Å²) < 4.78 is 13.5. The fourth-order valence-electron chi connectivity index (χ4n) is 13.8. The van der Waals surface area contributed by atoms with E-state index in [1.807, 2.05) is 4.90 Å². The van der Waals surface area contributed by atoms with Crippen LogP contribution in [0.15, 0.2) is 0 Å². The summed E-state index contributed by atoms with van der Waals surface area (Å²) in [4.78, 5) is 36.6. The Morgan fingerprint density at radius 1 is 0.860 bits per heavy atom. The summed E-state index contributed by atoms with van der Waals surface area (Å²) in [5.41, 5.74) is 0.703. The predicted octanol–water partition coefficient (Wildman–Crippen LogP) is 5.79. The number of amides is 2. The molecular weight excluding hydrogens is 626 g/mol. The SMILES string of the molecule is [C-]#[N+]CN1CCC(N2CCN(C(=O)CC(=O)NC3CC[C@]4(C)C5CC[C@]6(C)[C@@H]7[C@H](C[C@H]6[C@@H]5CC[C@@H]4C3)O[C@]3(CC[C@H](C)CO3)[C@H]7C)CC2)CC1. The average Bonchev–Trinajstić information content (AvgIpc) is 3.56. The summed E-state index contributed by atoms with van der Waals surface area (Å²) in [5, 5.41) is 3.34. The van der Waals surface area contributed by atoms with Crippen LogP contribution in [0.3, 0.4) is 0 Å². The highest BCUT2D eigenvalue weighted by Gasteiger charge is 2.69. The topological polar surface area (TPSA) is 78.7 Å². The smallest absolute Gasteiger partial charge is 0.270 e. The molecule has 278 valence electrons. The lowest BCUT2D eigenvalue weighted by Crippen LogP contribution is -2.56. The van der Waals surface area contributed by atoms with E-state index in [9.17, 15) is 9.59 Å². The molecule has 8 aliphatic rings. The van der Waals surface area contributed by atoms with Crippen molar-refractivity contribution in [3.05, 3.63) is 11.4 Å². The lowest BCUT2D eigenvalue weighted by Gasteiger charge is -2.61. The lowest BCUT2D eigenvalue weighted by molar-refractivity contribution is -0.273. The number of hydrogen-bond donors (Lipinski definition) is 1. The number of hydrogen-bond acceptors (Lipinski definition) is 6. The number of fused-ring (bicyclic) bond motifs is 7. The Bertz CT molecular complexity index is 1310. The van der Waals surface area contributed by atoms with Gasteiger partial charge < -0.3 is 19.7 Å². The molecule has 9 nitrogen and oxygen atoms in total. The molecule has 4 saturated heterocycles. The van der Waals surface area contributed by atoms with Gasteiger partial charge in [-0.3, -0.25) is 19.3 Å². The number of nitrogens with zero attached hydrogens (tertiary/aromatic N) is 4. The third-order valence-corrected chi connectivity index (χ3v) is 16.6. The first-order valence-electron chi connectivity index (χ1n) is 20.7. The molecule has 0 aromatic carbocycles. The van der Waals surface area contributed by atoms with Crippen LogP contribution in [-0.4, -0.2) is 103 Å². The Hall–Kier alpha value is -1.73. The molecule has 8 rings (SSSR count). The quantitative estimate of drug-likeness (QED) is 0.291.